The van der Waals surface area contributed by atoms with E-state index in [1.807, 2.05) is 40.9 Å². The lowest BCUT2D eigenvalue weighted by molar-refractivity contribution is 0.573. The molecule has 0 aromatic heterocycles. The third-order valence-corrected chi connectivity index (χ3v) is 5.70. The maximum Gasteiger partial charge on any atom is 0.270 e. The first kappa shape index (κ1) is 20.4. The van der Waals surface area contributed by atoms with Gasteiger partial charge < -0.3 is 0 Å². The number of aryl methyl sites for hydroxylation is 1. The van der Waals surface area contributed by atoms with Crippen molar-refractivity contribution in [3.8, 4) is 0 Å². The van der Waals surface area contributed by atoms with Crippen molar-refractivity contribution in [2.24, 2.45) is 9.98 Å². The first-order chi connectivity index (χ1) is 11.4. The van der Waals surface area contributed by atoms with Crippen LogP contribution in [0.15, 0.2) is 49.7 Å². The van der Waals surface area contributed by atoms with Gasteiger partial charge in [0.05, 0.1) is 4.90 Å². The van der Waals surface area contributed by atoms with Crippen molar-refractivity contribution in [3.63, 3.8) is 0 Å². The van der Waals surface area contributed by atoms with Gasteiger partial charge in [-0.3, -0.25) is 4.99 Å². The van der Waals surface area contributed by atoms with E-state index in [0.29, 0.717) is 18.1 Å². The summed E-state index contributed by atoms with van der Waals surface area (Å²) in [5.41, 5.74) is 1.63. The van der Waals surface area contributed by atoms with Crippen LogP contribution in [-0.2, 0) is 10.0 Å². The second kappa shape index (κ2) is 9.03. The zero-order valence-electron chi connectivity index (χ0n) is 15.1. The van der Waals surface area contributed by atoms with Gasteiger partial charge in [0, 0.05) is 11.4 Å². The largest absolute Gasteiger partial charge is 0.270 e. The molecule has 1 aliphatic heterocycles. The highest BCUT2D eigenvalue weighted by Crippen LogP contribution is 2.27. The summed E-state index contributed by atoms with van der Waals surface area (Å²) >= 11 is 1.53. The number of hydrogen-bond acceptors (Lipinski definition) is 5. The quantitative estimate of drug-likeness (QED) is 0.806. The van der Waals surface area contributed by atoms with Crippen LogP contribution in [0.3, 0.4) is 0 Å². The van der Waals surface area contributed by atoms with Crippen LogP contribution in [0.1, 0.15) is 33.3 Å². The lowest BCUT2D eigenvalue weighted by Gasteiger charge is -2.17. The van der Waals surface area contributed by atoms with E-state index in [0.717, 1.165) is 14.8 Å². The zero-order chi connectivity index (χ0) is 18.3. The molecule has 0 unspecified atom stereocenters. The third kappa shape index (κ3) is 4.27. The average molecular weight is 368 g/mol. The van der Waals surface area contributed by atoms with Crippen molar-refractivity contribution < 1.29 is 8.42 Å². The molecule has 132 valence electrons. The number of thioether (sulfide) groups is 1. The van der Waals surface area contributed by atoms with Crippen LogP contribution >= 0.6 is 11.8 Å². The number of nitrogens with zero attached hydrogens (tertiary/aromatic N) is 3. The van der Waals surface area contributed by atoms with E-state index >= 15 is 0 Å². The summed E-state index contributed by atoms with van der Waals surface area (Å²) in [5, 5.41) is 0. The molecule has 0 radical (unpaired) electrons. The molecule has 0 fully saturated rings. The molecule has 0 bridgehead atoms. The van der Waals surface area contributed by atoms with Gasteiger partial charge in [0.2, 0.25) is 0 Å². The van der Waals surface area contributed by atoms with E-state index in [4.69, 9.17) is 0 Å². The number of hydrogen-bond donors (Lipinski definition) is 0. The van der Waals surface area contributed by atoms with E-state index in [1.165, 1.54) is 18.1 Å². The van der Waals surface area contributed by atoms with Gasteiger partial charge in [0.25, 0.3) is 10.0 Å². The molecular weight excluding hydrogens is 342 g/mol. The van der Waals surface area contributed by atoms with Gasteiger partial charge in [-0.25, -0.2) is 17.7 Å². The lowest BCUT2D eigenvalue weighted by atomic mass is 10.2. The first-order valence-corrected chi connectivity index (χ1v) is 10.5. The number of allylic oxidation sites excluding steroid dienone is 1. The fraction of sp³-hybridized carbons (Fsp3) is 0.412. The van der Waals surface area contributed by atoms with Gasteiger partial charge >= 0.3 is 0 Å². The molecule has 0 saturated heterocycles. The summed E-state index contributed by atoms with van der Waals surface area (Å²) in [6, 6.07) is 6.76. The number of amidine groups is 1. The second-order valence-corrected chi connectivity index (χ2v) is 7.60. The van der Waals surface area contributed by atoms with Gasteiger partial charge in [0.1, 0.15) is 12.0 Å². The van der Waals surface area contributed by atoms with E-state index < -0.39 is 10.0 Å². The van der Waals surface area contributed by atoms with Gasteiger partial charge in [-0.05, 0) is 39.2 Å². The maximum absolute atomic E-state index is 12.8. The van der Waals surface area contributed by atoms with Gasteiger partial charge in [-0.1, -0.05) is 31.5 Å². The standard InChI is InChI=1S/C15H19N3O2S2.C2H6/c1-5-16-15-14(12(3)21-4)17-10-18(15)22(19,20)13-8-6-11(2)7-9-13;1-2/h6-10H,5H2,1-4H3;1-2H3/b14-12-,16-15?;. The van der Waals surface area contributed by atoms with Crippen molar-refractivity contribution in [3.05, 3.63) is 40.4 Å². The van der Waals surface area contributed by atoms with Crippen molar-refractivity contribution in [2.45, 2.75) is 39.5 Å². The molecule has 0 N–H and O–H groups in total. The predicted molar refractivity (Wildman–Crippen MR) is 104 cm³/mol. The number of benzene rings is 1. The minimum absolute atomic E-state index is 0.233. The summed E-state index contributed by atoms with van der Waals surface area (Å²) in [4.78, 5) is 9.75. The van der Waals surface area contributed by atoms with Crippen LogP contribution in [0.2, 0.25) is 0 Å². The number of sulfonamides is 1. The third-order valence-electron chi connectivity index (χ3n) is 3.24. The van der Waals surface area contributed by atoms with Gasteiger partial charge in [0.15, 0.2) is 5.84 Å². The molecule has 1 heterocycles. The van der Waals surface area contributed by atoms with E-state index in [1.54, 1.807) is 24.3 Å². The maximum atomic E-state index is 12.8. The number of aliphatic imine (C=N–C) groups is 2. The lowest BCUT2D eigenvalue weighted by Crippen LogP contribution is -2.33. The number of rotatable bonds is 4. The first-order valence-electron chi connectivity index (χ1n) is 7.86. The highest BCUT2D eigenvalue weighted by molar-refractivity contribution is 8.02. The average Bonchev–Trinajstić information content (AvgIpc) is 3.01. The Morgan fingerprint density at radius 2 is 1.83 bits per heavy atom. The van der Waals surface area contributed by atoms with Crippen LogP contribution in [-0.4, -0.2) is 37.7 Å². The minimum atomic E-state index is -3.69. The highest BCUT2D eigenvalue weighted by atomic mass is 32.2. The van der Waals surface area contributed by atoms with Crippen molar-refractivity contribution in [1.82, 2.24) is 4.31 Å². The fourth-order valence-electron chi connectivity index (χ4n) is 1.97. The summed E-state index contributed by atoms with van der Waals surface area (Å²) in [6.45, 7) is 10.2. The van der Waals surface area contributed by atoms with Crippen LogP contribution < -0.4 is 0 Å². The molecular formula is C17H25N3O2S2. The summed E-state index contributed by atoms with van der Waals surface area (Å²) in [7, 11) is -3.69. The summed E-state index contributed by atoms with van der Waals surface area (Å²) < 4.78 is 26.8. The molecule has 0 amide bonds. The monoisotopic (exact) mass is 367 g/mol. The Kier molecular flexibility index (Phi) is 7.69. The van der Waals surface area contributed by atoms with Crippen molar-refractivity contribution >= 4 is 34.0 Å². The Bertz CT molecular complexity index is 749. The smallest absolute Gasteiger partial charge is 0.266 e. The fourth-order valence-corrected chi connectivity index (χ4v) is 3.55. The van der Waals surface area contributed by atoms with Crippen LogP contribution in [0, 0.1) is 6.92 Å². The van der Waals surface area contributed by atoms with Crippen LogP contribution in [0.4, 0.5) is 0 Å². The molecule has 5 nitrogen and oxygen atoms in total. The van der Waals surface area contributed by atoms with Gasteiger partial charge in [-0.2, -0.15) is 0 Å². The second-order valence-electron chi connectivity index (χ2n) is 4.77. The molecule has 0 spiro atoms. The van der Waals surface area contributed by atoms with E-state index in [9.17, 15) is 8.42 Å². The SMILES string of the molecule is CC.CCN=C1/C(=C(\C)SC)N=CN1S(=O)(=O)c1ccc(C)cc1. The summed E-state index contributed by atoms with van der Waals surface area (Å²) in [5.74, 6) is 0.384. The Morgan fingerprint density at radius 3 is 2.33 bits per heavy atom. The molecule has 2 rings (SSSR count). The predicted octanol–water partition coefficient (Wildman–Crippen LogP) is 4.07. The Labute approximate surface area is 149 Å². The summed E-state index contributed by atoms with van der Waals surface area (Å²) in [6.07, 6.45) is 3.26. The Balaban J connectivity index is 0.00000139. The van der Waals surface area contributed by atoms with Crippen LogP contribution in [0.25, 0.3) is 0 Å². The normalized spacial score (nSPS) is 17.8. The molecule has 0 atom stereocenters. The molecule has 0 aliphatic carbocycles. The minimum Gasteiger partial charge on any atom is -0.266 e. The van der Waals surface area contributed by atoms with Crippen molar-refractivity contribution in [1.29, 1.82) is 0 Å². The van der Waals surface area contributed by atoms with E-state index in [2.05, 4.69) is 9.98 Å². The highest BCUT2D eigenvalue weighted by Gasteiger charge is 2.33. The Hall–Kier alpha value is -1.60. The molecule has 1 aromatic rings. The van der Waals surface area contributed by atoms with E-state index in [-0.39, 0.29) is 4.90 Å². The molecule has 7 heteroatoms. The van der Waals surface area contributed by atoms with Crippen molar-refractivity contribution in [2.75, 3.05) is 12.8 Å². The Morgan fingerprint density at radius 1 is 1.25 bits per heavy atom. The molecule has 24 heavy (non-hydrogen) atoms. The molecule has 1 aromatic carbocycles. The molecule has 0 saturated carbocycles. The van der Waals surface area contributed by atoms with Gasteiger partial charge in [-0.15, -0.1) is 11.8 Å². The van der Waals surface area contributed by atoms with Crippen LogP contribution in [0.5, 0.6) is 0 Å². The zero-order valence-corrected chi connectivity index (χ0v) is 16.7. The molecule has 1 aliphatic rings. The topological polar surface area (TPSA) is 62.1 Å².